The normalized spacial score (nSPS) is 19.8. The highest BCUT2D eigenvalue weighted by atomic mass is 35.5. The number of Topliss-reactive ketones (excluding diaryl/α,β-unsaturated/α-hetero) is 1. The van der Waals surface area contributed by atoms with Gasteiger partial charge in [0.25, 0.3) is 0 Å². The second-order valence-corrected chi connectivity index (χ2v) is 9.54. The zero-order valence-corrected chi connectivity index (χ0v) is 20.0. The lowest BCUT2D eigenvalue weighted by Gasteiger charge is -2.35. The number of ketones is 1. The van der Waals surface area contributed by atoms with E-state index in [-0.39, 0.29) is 29.4 Å². The van der Waals surface area contributed by atoms with Gasteiger partial charge in [-0.2, -0.15) is 13.2 Å². The fraction of sp³-hybridized carbons (Fsp3) is 0.214. The summed E-state index contributed by atoms with van der Waals surface area (Å²) in [4.78, 5) is 27.3. The van der Waals surface area contributed by atoms with Gasteiger partial charge >= 0.3 is 12.1 Å². The Bertz CT molecular complexity index is 1360. The largest absolute Gasteiger partial charge is 0.471 e. The predicted molar refractivity (Wildman–Crippen MR) is 133 cm³/mol. The number of fused-ring (bicyclic) bond motifs is 1. The molecule has 3 aromatic carbocycles. The van der Waals surface area contributed by atoms with E-state index < -0.39 is 18.1 Å². The Balaban J connectivity index is 1.72. The van der Waals surface area contributed by atoms with Crippen molar-refractivity contribution in [1.82, 2.24) is 0 Å². The van der Waals surface area contributed by atoms with Crippen LogP contribution in [0.5, 0.6) is 0 Å². The number of hydrogen-bond acceptors (Lipinski definition) is 3. The zero-order valence-electron chi connectivity index (χ0n) is 19.3. The molecule has 2 unspecified atom stereocenters. The number of nitrogens with one attached hydrogen (secondary N) is 1. The first-order chi connectivity index (χ1) is 17.1. The molecule has 4 nitrogen and oxygen atoms in total. The van der Waals surface area contributed by atoms with Gasteiger partial charge in [-0.3, -0.25) is 14.5 Å². The highest BCUT2D eigenvalue weighted by Gasteiger charge is 2.49. The number of benzene rings is 3. The minimum atomic E-state index is -5.13. The molecule has 0 aromatic heterocycles. The van der Waals surface area contributed by atoms with Crippen molar-refractivity contribution in [3.63, 3.8) is 0 Å². The molecule has 184 valence electrons. The summed E-state index contributed by atoms with van der Waals surface area (Å²) in [6.45, 7) is 1.86. The highest BCUT2D eigenvalue weighted by Crippen LogP contribution is 2.48. The molecule has 2 aliphatic rings. The summed E-state index contributed by atoms with van der Waals surface area (Å²) in [6.07, 6.45) is -4.63. The Hall–Kier alpha value is -3.58. The van der Waals surface area contributed by atoms with Crippen LogP contribution in [0.4, 0.5) is 24.5 Å². The van der Waals surface area contributed by atoms with Crippen LogP contribution in [-0.4, -0.2) is 17.9 Å². The van der Waals surface area contributed by atoms with Crippen LogP contribution < -0.4 is 10.2 Å². The number of halogens is 4. The number of aryl methyl sites for hydroxylation is 1. The number of alkyl halides is 3. The number of carbonyl (C=O) groups is 2. The average molecular weight is 511 g/mol. The summed E-state index contributed by atoms with van der Waals surface area (Å²) in [6, 6.07) is 19.2. The number of nitrogens with zero attached hydrogens (tertiary/aromatic N) is 1. The van der Waals surface area contributed by atoms with Crippen molar-refractivity contribution < 1.29 is 22.8 Å². The predicted octanol–water partition coefficient (Wildman–Crippen LogP) is 7.11. The summed E-state index contributed by atoms with van der Waals surface area (Å²) in [5, 5.41) is 3.79. The molecule has 0 spiro atoms. The van der Waals surface area contributed by atoms with Crippen LogP contribution in [0.1, 0.15) is 41.5 Å². The number of hydrogen-bond donors (Lipinski definition) is 1. The third-order valence-electron chi connectivity index (χ3n) is 6.68. The summed E-state index contributed by atoms with van der Waals surface area (Å²) < 4.78 is 41.8. The first kappa shape index (κ1) is 24.1. The van der Waals surface area contributed by atoms with Crippen LogP contribution >= 0.6 is 11.6 Å². The summed E-state index contributed by atoms with van der Waals surface area (Å²) in [5.74, 6) is -2.51. The van der Waals surface area contributed by atoms with Crippen molar-refractivity contribution in [3.05, 3.63) is 106 Å². The van der Waals surface area contributed by atoms with Gasteiger partial charge in [-0.15, -0.1) is 0 Å². The molecule has 1 aliphatic heterocycles. The molecule has 1 heterocycles. The third kappa shape index (κ3) is 4.39. The van der Waals surface area contributed by atoms with Crippen LogP contribution in [0.2, 0.25) is 5.02 Å². The SMILES string of the molecule is Cc1ccc(C2C3=C(CC(c4ccc(Cl)cc4)CC3=O)Nc3ccccc3N2C(=O)C(F)(F)F)cc1. The fourth-order valence-electron chi connectivity index (χ4n) is 4.98. The van der Waals surface area contributed by atoms with Crippen molar-refractivity contribution in [2.24, 2.45) is 0 Å². The number of rotatable bonds is 2. The van der Waals surface area contributed by atoms with E-state index in [0.29, 0.717) is 28.4 Å². The Labute approximate surface area is 211 Å². The first-order valence-electron chi connectivity index (χ1n) is 11.5. The van der Waals surface area contributed by atoms with Crippen molar-refractivity contribution in [2.45, 2.75) is 37.9 Å². The molecule has 0 radical (unpaired) electrons. The van der Waals surface area contributed by atoms with Gasteiger partial charge in [0.05, 0.1) is 17.4 Å². The Morgan fingerprint density at radius 3 is 2.25 bits per heavy atom. The minimum Gasteiger partial charge on any atom is -0.357 e. The van der Waals surface area contributed by atoms with Gasteiger partial charge in [0, 0.05) is 22.7 Å². The molecule has 0 bridgehead atoms. The van der Waals surface area contributed by atoms with Gasteiger partial charge in [0.1, 0.15) is 0 Å². The molecular formula is C28H22ClF3N2O2. The molecule has 1 aliphatic carbocycles. The Morgan fingerprint density at radius 1 is 0.944 bits per heavy atom. The molecule has 3 aromatic rings. The van der Waals surface area contributed by atoms with Crippen LogP contribution in [-0.2, 0) is 9.59 Å². The van der Waals surface area contributed by atoms with Crippen molar-refractivity contribution in [2.75, 3.05) is 10.2 Å². The van der Waals surface area contributed by atoms with Gasteiger partial charge in [-0.1, -0.05) is 65.7 Å². The molecule has 8 heteroatoms. The van der Waals surface area contributed by atoms with E-state index in [1.165, 1.54) is 6.07 Å². The molecule has 0 saturated heterocycles. The molecule has 0 fully saturated rings. The summed E-state index contributed by atoms with van der Waals surface area (Å²) in [7, 11) is 0. The highest BCUT2D eigenvalue weighted by molar-refractivity contribution is 6.30. The van der Waals surface area contributed by atoms with Crippen LogP contribution in [0, 0.1) is 6.92 Å². The second kappa shape index (κ2) is 9.13. The molecule has 0 saturated carbocycles. The molecule has 2 atom stereocenters. The standard InChI is InChI=1S/C28H22ClF3N2O2/c1-16-6-8-18(9-7-16)26-25-22(14-19(15-24(25)35)17-10-12-20(29)13-11-17)33-21-4-2-3-5-23(21)34(26)27(36)28(30,31)32/h2-13,19,26,33H,14-15H2,1H3. The van der Waals surface area contributed by atoms with E-state index in [1.807, 2.05) is 19.1 Å². The Morgan fingerprint density at radius 2 is 1.58 bits per heavy atom. The van der Waals surface area contributed by atoms with Gasteiger partial charge < -0.3 is 5.32 Å². The molecule has 1 N–H and O–H groups in total. The Kier molecular flexibility index (Phi) is 6.12. The second-order valence-electron chi connectivity index (χ2n) is 9.10. The molecule has 5 rings (SSSR count). The van der Waals surface area contributed by atoms with Crippen LogP contribution in [0.15, 0.2) is 84.1 Å². The van der Waals surface area contributed by atoms with E-state index in [0.717, 1.165) is 16.0 Å². The number of carbonyl (C=O) groups excluding carboxylic acids is 2. The molecular weight excluding hydrogens is 489 g/mol. The maximum Gasteiger partial charge on any atom is 0.471 e. The van der Waals surface area contributed by atoms with Gasteiger partial charge in [-0.25, -0.2) is 0 Å². The monoisotopic (exact) mass is 510 g/mol. The van der Waals surface area contributed by atoms with Crippen LogP contribution in [0.3, 0.4) is 0 Å². The van der Waals surface area contributed by atoms with E-state index in [1.54, 1.807) is 54.6 Å². The van der Waals surface area contributed by atoms with Gasteiger partial charge in [0.2, 0.25) is 0 Å². The van der Waals surface area contributed by atoms with Crippen molar-refractivity contribution >= 4 is 34.7 Å². The summed E-state index contributed by atoms with van der Waals surface area (Å²) >= 11 is 6.03. The molecule has 36 heavy (non-hydrogen) atoms. The lowest BCUT2D eigenvalue weighted by Crippen LogP contribution is -2.45. The fourth-order valence-corrected chi connectivity index (χ4v) is 5.11. The quantitative estimate of drug-likeness (QED) is 0.399. The number of anilines is 2. The molecule has 1 amide bonds. The third-order valence-corrected chi connectivity index (χ3v) is 6.94. The van der Waals surface area contributed by atoms with E-state index in [9.17, 15) is 22.8 Å². The topological polar surface area (TPSA) is 49.4 Å². The van der Waals surface area contributed by atoms with Crippen LogP contribution in [0.25, 0.3) is 0 Å². The maximum atomic E-state index is 13.9. The van der Waals surface area contributed by atoms with E-state index in [2.05, 4.69) is 5.32 Å². The van der Waals surface area contributed by atoms with Gasteiger partial charge in [-0.05, 0) is 54.7 Å². The first-order valence-corrected chi connectivity index (χ1v) is 11.9. The number of para-hydroxylation sites is 2. The smallest absolute Gasteiger partial charge is 0.357 e. The van der Waals surface area contributed by atoms with Gasteiger partial charge in [0.15, 0.2) is 5.78 Å². The lowest BCUT2D eigenvalue weighted by molar-refractivity contribution is -0.170. The van der Waals surface area contributed by atoms with Crippen molar-refractivity contribution in [3.8, 4) is 0 Å². The van der Waals surface area contributed by atoms with Crippen molar-refractivity contribution in [1.29, 1.82) is 0 Å². The lowest BCUT2D eigenvalue weighted by atomic mass is 9.78. The van der Waals surface area contributed by atoms with E-state index in [4.69, 9.17) is 11.6 Å². The minimum absolute atomic E-state index is 0.0654. The average Bonchev–Trinajstić information content (AvgIpc) is 2.98. The number of allylic oxidation sites excluding steroid dienone is 1. The zero-order chi connectivity index (χ0) is 25.6. The van der Waals surface area contributed by atoms with E-state index >= 15 is 0 Å². The maximum absolute atomic E-state index is 13.9. The number of amides is 1. The summed E-state index contributed by atoms with van der Waals surface area (Å²) in [5.41, 5.74) is 3.35.